The molecule has 0 heterocycles. The van der Waals surface area contributed by atoms with Crippen LogP contribution in [-0.2, 0) is 0 Å². The van der Waals surface area contributed by atoms with Crippen LogP contribution in [0.25, 0.3) is 0 Å². The minimum Gasteiger partial charge on any atom is -0.398 e. The molecule has 0 saturated carbocycles. The molecule has 0 spiro atoms. The topological polar surface area (TPSA) is 46.2 Å². The Labute approximate surface area is 110 Å². The average Bonchev–Trinajstić information content (AvgIpc) is 2.32. The fourth-order valence-corrected chi connectivity index (χ4v) is 2.05. The summed E-state index contributed by atoms with van der Waals surface area (Å²) < 4.78 is 0. The molecule has 4 heteroatoms. The van der Waals surface area contributed by atoms with Gasteiger partial charge in [0.2, 0.25) is 0 Å². The zero-order chi connectivity index (χ0) is 12.4. The summed E-state index contributed by atoms with van der Waals surface area (Å²) in [6.07, 6.45) is -0.873. The van der Waals surface area contributed by atoms with E-state index in [2.05, 4.69) is 0 Å². The van der Waals surface area contributed by atoms with Gasteiger partial charge in [-0.2, -0.15) is 0 Å². The molecule has 0 aliphatic heterocycles. The van der Waals surface area contributed by atoms with Gasteiger partial charge in [0.1, 0.15) is 6.10 Å². The normalized spacial score (nSPS) is 12.4. The maximum absolute atomic E-state index is 10.3. The van der Waals surface area contributed by atoms with Gasteiger partial charge in [0.25, 0.3) is 0 Å². The lowest BCUT2D eigenvalue weighted by molar-refractivity contribution is 0.221. The fourth-order valence-electron chi connectivity index (χ4n) is 1.65. The summed E-state index contributed by atoms with van der Waals surface area (Å²) in [6, 6.07) is 12.1. The lowest BCUT2D eigenvalue weighted by Crippen LogP contribution is -2.04. The van der Waals surface area contributed by atoms with Crippen molar-refractivity contribution in [3.8, 4) is 0 Å². The van der Waals surface area contributed by atoms with Crippen LogP contribution in [0.1, 0.15) is 17.2 Å². The minimum absolute atomic E-state index is 0.463. The summed E-state index contributed by atoms with van der Waals surface area (Å²) in [4.78, 5) is 0. The van der Waals surface area contributed by atoms with E-state index >= 15 is 0 Å². The van der Waals surface area contributed by atoms with Crippen molar-refractivity contribution in [1.82, 2.24) is 0 Å². The van der Waals surface area contributed by atoms with Gasteiger partial charge in [-0.15, -0.1) is 0 Å². The van der Waals surface area contributed by atoms with Gasteiger partial charge in [-0.05, 0) is 24.3 Å². The number of para-hydroxylation sites is 1. The Morgan fingerprint density at radius 2 is 1.71 bits per heavy atom. The number of hydrogen-bond acceptors (Lipinski definition) is 2. The van der Waals surface area contributed by atoms with E-state index < -0.39 is 6.10 Å². The van der Waals surface area contributed by atoms with Crippen molar-refractivity contribution in [3.05, 3.63) is 63.6 Å². The Morgan fingerprint density at radius 1 is 1.00 bits per heavy atom. The first-order valence-corrected chi connectivity index (χ1v) is 5.82. The van der Waals surface area contributed by atoms with Crippen molar-refractivity contribution in [1.29, 1.82) is 0 Å². The van der Waals surface area contributed by atoms with E-state index in [4.69, 9.17) is 28.9 Å². The van der Waals surface area contributed by atoms with E-state index in [0.717, 1.165) is 0 Å². The summed E-state index contributed by atoms with van der Waals surface area (Å²) in [7, 11) is 0. The molecule has 3 N–H and O–H groups in total. The number of aliphatic hydroxyl groups is 1. The van der Waals surface area contributed by atoms with Crippen LogP contribution in [0.3, 0.4) is 0 Å². The summed E-state index contributed by atoms with van der Waals surface area (Å²) >= 11 is 11.9. The van der Waals surface area contributed by atoms with Crippen LogP contribution in [0.4, 0.5) is 5.69 Å². The molecule has 1 atom stereocenters. The fraction of sp³-hybridized carbons (Fsp3) is 0.0769. The number of rotatable bonds is 2. The van der Waals surface area contributed by atoms with Crippen molar-refractivity contribution in [3.63, 3.8) is 0 Å². The summed E-state index contributed by atoms with van der Waals surface area (Å²) in [5.41, 5.74) is 7.51. The van der Waals surface area contributed by atoms with Crippen LogP contribution in [0.15, 0.2) is 42.5 Å². The Kier molecular flexibility index (Phi) is 3.57. The van der Waals surface area contributed by atoms with E-state index in [-0.39, 0.29) is 0 Å². The number of halogens is 2. The van der Waals surface area contributed by atoms with Gasteiger partial charge in [0, 0.05) is 26.9 Å². The summed E-state index contributed by atoms with van der Waals surface area (Å²) in [6.45, 7) is 0. The Balaban J connectivity index is 2.47. The van der Waals surface area contributed by atoms with Gasteiger partial charge >= 0.3 is 0 Å². The summed E-state index contributed by atoms with van der Waals surface area (Å²) in [5, 5.41) is 11.2. The molecule has 0 aliphatic rings. The molecule has 17 heavy (non-hydrogen) atoms. The Hall–Kier alpha value is -1.22. The molecule has 0 amide bonds. The van der Waals surface area contributed by atoms with E-state index in [0.29, 0.717) is 26.9 Å². The standard InChI is InChI=1S/C13H11Cl2NO/c14-8-5-6-11(15)10(7-8)13(17)9-3-1-2-4-12(9)16/h1-7,13,17H,16H2. The number of nitrogens with two attached hydrogens (primary N) is 1. The van der Waals surface area contributed by atoms with Gasteiger partial charge in [0.15, 0.2) is 0 Å². The molecule has 0 aliphatic carbocycles. The molecule has 0 aromatic heterocycles. The van der Waals surface area contributed by atoms with Crippen molar-refractivity contribution in [2.75, 3.05) is 5.73 Å². The van der Waals surface area contributed by atoms with Crippen molar-refractivity contribution < 1.29 is 5.11 Å². The maximum atomic E-state index is 10.3. The zero-order valence-electron chi connectivity index (χ0n) is 8.90. The molecule has 0 radical (unpaired) electrons. The van der Waals surface area contributed by atoms with E-state index in [9.17, 15) is 5.11 Å². The molecule has 1 unspecified atom stereocenters. The smallest absolute Gasteiger partial charge is 0.108 e. The summed E-state index contributed by atoms with van der Waals surface area (Å²) in [5.74, 6) is 0. The van der Waals surface area contributed by atoms with Crippen LogP contribution in [0.5, 0.6) is 0 Å². The molecule has 2 nitrogen and oxygen atoms in total. The van der Waals surface area contributed by atoms with Crippen LogP contribution < -0.4 is 5.73 Å². The minimum atomic E-state index is -0.873. The molecule has 88 valence electrons. The molecule has 2 rings (SSSR count). The number of anilines is 1. The first kappa shape index (κ1) is 12.2. The van der Waals surface area contributed by atoms with Crippen molar-refractivity contribution in [2.45, 2.75) is 6.10 Å². The highest BCUT2D eigenvalue weighted by Gasteiger charge is 2.16. The SMILES string of the molecule is Nc1ccccc1C(O)c1cc(Cl)ccc1Cl. The molecular formula is C13H11Cl2NO. The average molecular weight is 268 g/mol. The van der Waals surface area contributed by atoms with Crippen molar-refractivity contribution >= 4 is 28.9 Å². The van der Waals surface area contributed by atoms with E-state index in [1.54, 1.807) is 30.3 Å². The second kappa shape index (κ2) is 4.96. The first-order chi connectivity index (χ1) is 8.09. The van der Waals surface area contributed by atoms with Gasteiger partial charge in [-0.25, -0.2) is 0 Å². The van der Waals surface area contributed by atoms with Gasteiger partial charge in [-0.3, -0.25) is 0 Å². The number of aliphatic hydroxyl groups excluding tert-OH is 1. The Morgan fingerprint density at radius 3 is 2.41 bits per heavy atom. The molecule has 0 bridgehead atoms. The monoisotopic (exact) mass is 267 g/mol. The highest BCUT2D eigenvalue weighted by atomic mass is 35.5. The van der Waals surface area contributed by atoms with Crippen LogP contribution in [0, 0.1) is 0 Å². The second-order valence-corrected chi connectivity index (χ2v) is 4.54. The molecular weight excluding hydrogens is 257 g/mol. The lowest BCUT2D eigenvalue weighted by Gasteiger charge is -2.15. The van der Waals surface area contributed by atoms with Crippen molar-refractivity contribution in [2.24, 2.45) is 0 Å². The van der Waals surface area contributed by atoms with E-state index in [1.165, 1.54) is 0 Å². The second-order valence-electron chi connectivity index (χ2n) is 3.70. The Bertz CT molecular complexity index is 543. The predicted molar refractivity (Wildman–Crippen MR) is 71.4 cm³/mol. The van der Waals surface area contributed by atoms with Gasteiger partial charge < -0.3 is 10.8 Å². The number of nitrogen functional groups attached to an aromatic ring is 1. The van der Waals surface area contributed by atoms with Crippen LogP contribution in [-0.4, -0.2) is 5.11 Å². The maximum Gasteiger partial charge on any atom is 0.108 e. The third-order valence-electron chi connectivity index (χ3n) is 2.54. The van der Waals surface area contributed by atoms with Gasteiger partial charge in [0.05, 0.1) is 0 Å². The molecule has 2 aromatic carbocycles. The molecule has 0 saturated heterocycles. The van der Waals surface area contributed by atoms with Crippen LogP contribution in [0.2, 0.25) is 10.0 Å². The third-order valence-corrected chi connectivity index (χ3v) is 3.12. The lowest BCUT2D eigenvalue weighted by atomic mass is 10.00. The first-order valence-electron chi connectivity index (χ1n) is 5.07. The predicted octanol–water partition coefficient (Wildman–Crippen LogP) is 3.66. The third kappa shape index (κ3) is 2.55. The molecule has 0 fully saturated rings. The van der Waals surface area contributed by atoms with E-state index in [1.807, 2.05) is 12.1 Å². The highest BCUT2D eigenvalue weighted by Crippen LogP contribution is 2.32. The number of benzene rings is 2. The zero-order valence-corrected chi connectivity index (χ0v) is 10.4. The largest absolute Gasteiger partial charge is 0.398 e. The number of hydrogen-bond donors (Lipinski definition) is 2. The quantitative estimate of drug-likeness (QED) is 0.816. The highest BCUT2D eigenvalue weighted by molar-refractivity contribution is 6.33. The van der Waals surface area contributed by atoms with Gasteiger partial charge in [-0.1, -0.05) is 41.4 Å². The molecule has 2 aromatic rings. The van der Waals surface area contributed by atoms with Crippen LogP contribution >= 0.6 is 23.2 Å².